The molecule has 1 aromatic heterocycles. The van der Waals surface area contributed by atoms with E-state index in [0.29, 0.717) is 12.5 Å². The van der Waals surface area contributed by atoms with E-state index < -0.39 is 0 Å². The van der Waals surface area contributed by atoms with Crippen LogP contribution in [0.4, 0.5) is 5.69 Å². The monoisotopic (exact) mass is 315 g/mol. The molecule has 1 aromatic carbocycles. The second kappa shape index (κ2) is 6.29. The molecule has 23 heavy (non-hydrogen) atoms. The van der Waals surface area contributed by atoms with Gasteiger partial charge in [0.15, 0.2) is 5.82 Å². The van der Waals surface area contributed by atoms with E-state index in [1.54, 1.807) is 0 Å². The highest BCUT2D eigenvalue weighted by Gasteiger charge is 2.23. The fourth-order valence-corrected chi connectivity index (χ4v) is 3.20. The fraction of sp³-hybridized carbons (Fsp3) is 0.529. The summed E-state index contributed by atoms with van der Waals surface area (Å²) >= 11 is 0. The Morgan fingerprint density at radius 3 is 2.74 bits per heavy atom. The minimum absolute atomic E-state index is 0.265. The van der Waals surface area contributed by atoms with Crippen LogP contribution in [-0.4, -0.2) is 49.7 Å². The second-order valence-corrected chi connectivity index (χ2v) is 6.12. The van der Waals surface area contributed by atoms with Crippen molar-refractivity contribution in [2.45, 2.75) is 19.3 Å². The van der Waals surface area contributed by atoms with Gasteiger partial charge in [-0.1, -0.05) is 5.16 Å². The summed E-state index contributed by atoms with van der Waals surface area (Å²) in [4.78, 5) is 6.91. The first-order valence-electron chi connectivity index (χ1n) is 8.16. The lowest BCUT2D eigenvalue weighted by Crippen LogP contribution is -2.36. The Bertz CT molecular complexity index is 673. The van der Waals surface area contributed by atoms with Gasteiger partial charge in [-0.2, -0.15) is 4.98 Å². The molecule has 0 spiro atoms. The molecule has 6 nitrogen and oxygen atoms in total. The van der Waals surface area contributed by atoms with Crippen LogP contribution in [0, 0.1) is 6.92 Å². The van der Waals surface area contributed by atoms with Gasteiger partial charge in [0, 0.05) is 36.9 Å². The zero-order chi connectivity index (χ0) is 15.6. The molecule has 122 valence electrons. The Morgan fingerprint density at radius 1 is 1.13 bits per heavy atom. The van der Waals surface area contributed by atoms with E-state index >= 15 is 0 Å². The number of aromatic nitrogens is 2. The molecule has 0 radical (unpaired) electrons. The molecule has 2 saturated heterocycles. The third kappa shape index (κ3) is 2.96. The number of benzene rings is 1. The van der Waals surface area contributed by atoms with Crippen molar-refractivity contribution in [3.63, 3.8) is 0 Å². The topological polar surface area (TPSA) is 60.6 Å². The van der Waals surface area contributed by atoms with Gasteiger partial charge in [0.2, 0.25) is 0 Å². The molecule has 2 aliphatic heterocycles. The first-order valence-corrected chi connectivity index (χ1v) is 8.16. The van der Waals surface area contributed by atoms with Crippen LogP contribution < -0.4 is 4.90 Å². The molecule has 4 rings (SSSR count). The van der Waals surface area contributed by atoms with Crippen LogP contribution >= 0.6 is 0 Å². The Hall–Kier alpha value is -1.92. The summed E-state index contributed by atoms with van der Waals surface area (Å²) in [5.74, 6) is 1.61. The highest BCUT2D eigenvalue weighted by Crippen LogP contribution is 2.29. The number of morpholine rings is 1. The maximum atomic E-state index is 5.45. The molecule has 0 saturated carbocycles. The Morgan fingerprint density at radius 2 is 2.00 bits per heavy atom. The summed E-state index contributed by atoms with van der Waals surface area (Å²) in [6, 6.07) is 6.31. The quantitative estimate of drug-likeness (QED) is 0.867. The van der Waals surface area contributed by atoms with Crippen molar-refractivity contribution >= 4 is 5.69 Å². The van der Waals surface area contributed by atoms with Gasteiger partial charge in [-0.15, -0.1) is 0 Å². The smallest absolute Gasteiger partial charge is 0.257 e. The van der Waals surface area contributed by atoms with E-state index in [0.717, 1.165) is 50.7 Å². The van der Waals surface area contributed by atoms with Crippen LogP contribution in [0.25, 0.3) is 11.5 Å². The van der Waals surface area contributed by atoms with E-state index in [1.807, 2.05) is 0 Å². The second-order valence-electron chi connectivity index (χ2n) is 6.12. The Kier molecular flexibility index (Phi) is 4.01. The number of hydrogen-bond acceptors (Lipinski definition) is 6. The third-order valence-corrected chi connectivity index (χ3v) is 4.53. The summed E-state index contributed by atoms with van der Waals surface area (Å²) in [5, 5.41) is 4.12. The SMILES string of the molecule is Cc1cc(-c2nc(C3CCOC3)no2)ccc1N1CCOCC1. The summed E-state index contributed by atoms with van der Waals surface area (Å²) < 4.78 is 16.3. The van der Waals surface area contributed by atoms with Crippen LogP contribution in [0.2, 0.25) is 0 Å². The number of rotatable bonds is 3. The van der Waals surface area contributed by atoms with Crippen LogP contribution in [0.5, 0.6) is 0 Å². The highest BCUT2D eigenvalue weighted by atomic mass is 16.5. The lowest BCUT2D eigenvalue weighted by atomic mass is 10.1. The molecule has 3 heterocycles. The van der Waals surface area contributed by atoms with Crippen molar-refractivity contribution in [3.05, 3.63) is 29.6 Å². The molecule has 2 fully saturated rings. The predicted molar refractivity (Wildman–Crippen MR) is 85.7 cm³/mol. The Labute approximate surface area is 135 Å². The maximum Gasteiger partial charge on any atom is 0.257 e. The lowest BCUT2D eigenvalue weighted by Gasteiger charge is -2.30. The molecule has 0 bridgehead atoms. The maximum absolute atomic E-state index is 5.45. The molecule has 1 atom stereocenters. The van der Waals surface area contributed by atoms with E-state index in [4.69, 9.17) is 14.0 Å². The molecule has 0 N–H and O–H groups in total. The molecular formula is C17H21N3O3. The number of anilines is 1. The average molecular weight is 315 g/mol. The van der Waals surface area contributed by atoms with Gasteiger partial charge in [0.25, 0.3) is 5.89 Å². The molecular weight excluding hydrogens is 294 g/mol. The number of aryl methyl sites for hydroxylation is 1. The van der Waals surface area contributed by atoms with Gasteiger partial charge in [0.1, 0.15) is 0 Å². The van der Waals surface area contributed by atoms with Crippen LogP contribution in [-0.2, 0) is 9.47 Å². The van der Waals surface area contributed by atoms with Crippen molar-refractivity contribution in [2.24, 2.45) is 0 Å². The van der Waals surface area contributed by atoms with Crippen molar-refractivity contribution in [1.29, 1.82) is 0 Å². The summed E-state index contributed by atoms with van der Waals surface area (Å²) in [6.07, 6.45) is 0.966. The van der Waals surface area contributed by atoms with Crippen molar-refractivity contribution in [1.82, 2.24) is 10.1 Å². The van der Waals surface area contributed by atoms with Crippen molar-refractivity contribution in [3.8, 4) is 11.5 Å². The average Bonchev–Trinajstić information content (AvgIpc) is 3.27. The highest BCUT2D eigenvalue weighted by molar-refractivity contribution is 5.63. The van der Waals surface area contributed by atoms with Crippen molar-refractivity contribution < 1.29 is 14.0 Å². The van der Waals surface area contributed by atoms with E-state index in [1.165, 1.54) is 11.3 Å². The van der Waals surface area contributed by atoms with Crippen molar-refractivity contribution in [2.75, 3.05) is 44.4 Å². The minimum atomic E-state index is 0.265. The number of ether oxygens (including phenoxy) is 2. The Balaban J connectivity index is 1.56. The van der Waals surface area contributed by atoms with Gasteiger partial charge >= 0.3 is 0 Å². The molecule has 1 unspecified atom stereocenters. The van der Waals surface area contributed by atoms with E-state index in [2.05, 4.69) is 40.2 Å². The first-order chi connectivity index (χ1) is 11.3. The standard InChI is InChI=1S/C17H21N3O3/c1-12-10-13(2-3-15(12)20-5-8-21-9-6-20)17-18-16(19-23-17)14-4-7-22-11-14/h2-3,10,14H,4-9,11H2,1H3. The summed E-state index contributed by atoms with van der Waals surface area (Å²) in [7, 11) is 0. The minimum Gasteiger partial charge on any atom is -0.381 e. The van der Waals surface area contributed by atoms with E-state index in [-0.39, 0.29) is 5.92 Å². The lowest BCUT2D eigenvalue weighted by molar-refractivity contribution is 0.122. The number of nitrogens with zero attached hydrogens (tertiary/aromatic N) is 3. The molecule has 2 aliphatic rings. The van der Waals surface area contributed by atoms with Gasteiger partial charge < -0.3 is 18.9 Å². The summed E-state index contributed by atoms with van der Waals surface area (Å²) in [6.45, 7) is 7.04. The molecule has 0 aliphatic carbocycles. The normalized spacial score (nSPS) is 21.8. The van der Waals surface area contributed by atoms with Gasteiger partial charge in [-0.3, -0.25) is 0 Å². The largest absolute Gasteiger partial charge is 0.381 e. The summed E-state index contributed by atoms with van der Waals surface area (Å²) in [5.41, 5.74) is 3.44. The first kappa shape index (κ1) is 14.7. The van der Waals surface area contributed by atoms with Crippen LogP contribution in [0.1, 0.15) is 23.7 Å². The fourth-order valence-electron chi connectivity index (χ4n) is 3.20. The zero-order valence-electron chi connectivity index (χ0n) is 13.3. The van der Waals surface area contributed by atoms with Gasteiger partial charge in [-0.05, 0) is 37.1 Å². The molecule has 6 heteroatoms. The zero-order valence-corrected chi connectivity index (χ0v) is 13.3. The van der Waals surface area contributed by atoms with E-state index in [9.17, 15) is 0 Å². The number of hydrogen-bond donors (Lipinski definition) is 0. The van der Waals surface area contributed by atoms with Gasteiger partial charge in [-0.25, -0.2) is 0 Å². The molecule has 0 amide bonds. The van der Waals surface area contributed by atoms with Crippen LogP contribution in [0.3, 0.4) is 0 Å². The van der Waals surface area contributed by atoms with Gasteiger partial charge in [0.05, 0.1) is 19.8 Å². The molecule has 2 aromatic rings. The third-order valence-electron chi connectivity index (χ3n) is 4.53. The predicted octanol–water partition coefficient (Wildman–Crippen LogP) is 2.39. The van der Waals surface area contributed by atoms with Crippen LogP contribution in [0.15, 0.2) is 22.7 Å².